The molecule has 0 aliphatic carbocycles. The predicted octanol–water partition coefficient (Wildman–Crippen LogP) is 2.37. The van der Waals surface area contributed by atoms with Gasteiger partial charge in [0.2, 0.25) is 5.88 Å². The summed E-state index contributed by atoms with van der Waals surface area (Å²) < 4.78 is 12.1. The molecule has 1 heterocycles. The van der Waals surface area contributed by atoms with E-state index in [1.165, 1.54) is 4.68 Å². The van der Waals surface area contributed by atoms with Crippen LogP contribution in [0, 0.1) is 6.92 Å². The van der Waals surface area contributed by atoms with E-state index in [1.54, 1.807) is 33.2 Å². The molecule has 2 rings (SSSR count). The lowest BCUT2D eigenvalue weighted by Crippen LogP contribution is -2.02. The van der Waals surface area contributed by atoms with E-state index in [9.17, 15) is 9.90 Å². The average molecular weight is 276 g/mol. The first kappa shape index (κ1) is 14.1. The van der Waals surface area contributed by atoms with Crippen molar-refractivity contribution in [2.24, 2.45) is 7.05 Å². The van der Waals surface area contributed by atoms with Gasteiger partial charge in [-0.1, -0.05) is 12.1 Å². The highest BCUT2D eigenvalue weighted by Crippen LogP contribution is 2.27. The summed E-state index contributed by atoms with van der Waals surface area (Å²) >= 11 is 0. The minimum atomic E-state index is -1.06. The largest absolute Gasteiger partial charge is 0.477 e. The van der Waals surface area contributed by atoms with E-state index in [0.29, 0.717) is 18.1 Å². The van der Waals surface area contributed by atoms with Crippen molar-refractivity contribution in [1.29, 1.82) is 0 Å². The summed E-state index contributed by atoms with van der Waals surface area (Å²) in [4.78, 5) is 11.3. The van der Waals surface area contributed by atoms with Crippen LogP contribution in [0.5, 0.6) is 11.6 Å². The van der Waals surface area contributed by atoms with Crippen LogP contribution >= 0.6 is 0 Å². The molecule has 0 atom stereocenters. The molecule has 0 radical (unpaired) electrons. The molecule has 1 aromatic carbocycles. The highest BCUT2D eigenvalue weighted by Gasteiger charge is 2.21. The zero-order chi connectivity index (χ0) is 14.7. The Morgan fingerprint density at radius 2 is 2.20 bits per heavy atom. The Hall–Kier alpha value is -2.34. The van der Waals surface area contributed by atoms with Gasteiger partial charge < -0.3 is 14.6 Å². The number of aryl methyl sites for hydroxylation is 2. The number of methoxy groups -OCH3 is 1. The standard InChI is InChI=1S/C14H16N2O4/c1-9-12(14(17)18)13(16(2)15-9)20-11-6-4-5-10(7-11)8-19-3/h4-7H,8H2,1-3H3,(H,17,18). The van der Waals surface area contributed by atoms with E-state index >= 15 is 0 Å². The van der Waals surface area contributed by atoms with Gasteiger partial charge in [-0.3, -0.25) is 0 Å². The number of aromatic nitrogens is 2. The minimum absolute atomic E-state index is 0.0737. The van der Waals surface area contributed by atoms with Crippen LogP contribution in [0.3, 0.4) is 0 Å². The lowest BCUT2D eigenvalue weighted by molar-refractivity contribution is 0.0693. The number of benzene rings is 1. The molecule has 0 spiro atoms. The van der Waals surface area contributed by atoms with E-state index in [0.717, 1.165) is 5.56 Å². The summed E-state index contributed by atoms with van der Waals surface area (Å²) in [5.41, 5.74) is 1.44. The summed E-state index contributed by atoms with van der Waals surface area (Å²) in [6, 6.07) is 7.29. The molecular formula is C14H16N2O4. The van der Waals surface area contributed by atoms with Gasteiger partial charge >= 0.3 is 5.97 Å². The first-order valence-corrected chi connectivity index (χ1v) is 6.05. The normalized spacial score (nSPS) is 10.6. The summed E-state index contributed by atoms with van der Waals surface area (Å²) in [6.45, 7) is 2.10. The van der Waals surface area contributed by atoms with Crippen LogP contribution in [0.1, 0.15) is 21.6 Å². The molecule has 106 valence electrons. The molecule has 0 aliphatic rings. The fourth-order valence-corrected chi connectivity index (χ4v) is 1.98. The smallest absolute Gasteiger partial charge is 0.343 e. The summed E-state index contributed by atoms with van der Waals surface area (Å²) in [5, 5.41) is 13.3. The highest BCUT2D eigenvalue weighted by molar-refractivity contribution is 5.91. The molecule has 0 saturated carbocycles. The van der Waals surface area contributed by atoms with E-state index in [2.05, 4.69) is 5.10 Å². The van der Waals surface area contributed by atoms with Crippen LogP contribution in [0.2, 0.25) is 0 Å². The number of hydrogen-bond acceptors (Lipinski definition) is 4. The van der Waals surface area contributed by atoms with Crippen molar-refractivity contribution in [2.75, 3.05) is 7.11 Å². The number of ether oxygens (including phenoxy) is 2. The molecule has 0 aliphatic heterocycles. The molecule has 1 N–H and O–H groups in total. The fourth-order valence-electron chi connectivity index (χ4n) is 1.98. The van der Waals surface area contributed by atoms with Crippen molar-refractivity contribution in [2.45, 2.75) is 13.5 Å². The topological polar surface area (TPSA) is 73.6 Å². The SMILES string of the molecule is COCc1cccc(Oc2c(C(=O)O)c(C)nn2C)c1. The Morgan fingerprint density at radius 3 is 2.85 bits per heavy atom. The number of carbonyl (C=O) groups is 1. The Balaban J connectivity index is 2.35. The van der Waals surface area contributed by atoms with Crippen LogP contribution in [-0.4, -0.2) is 28.0 Å². The Kier molecular flexibility index (Phi) is 4.05. The van der Waals surface area contributed by atoms with Crippen molar-refractivity contribution < 1.29 is 19.4 Å². The second kappa shape index (κ2) is 5.75. The fraction of sp³-hybridized carbons (Fsp3) is 0.286. The number of aromatic carboxylic acids is 1. The van der Waals surface area contributed by atoms with Gasteiger partial charge in [0.1, 0.15) is 11.3 Å². The van der Waals surface area contributed by atoms with Gasteiger partial charge in [-0.05, 0) is 24.6 Å². The van der Waals surface area contributed by atoms with Gasteiger partial charge in [-0.25, -0.2) is 9.48 Å². The molecule has 0 unspecified atom stereocenters. The van der Waals surface area contributed by atoms with Gasteiger partial charge in [0, 0.05) is 14.2 Å². The maximum atomic E-state index is 11.3. The summed E-state index contributed by atoms with van der Waals surface area (Å²) in [6.07, 6.45) is 0. The van der Waals surface area contributed by atoms with E-state index in [4.69, 9.17) is 9.47 Å². The molecule has 2 aromatic rings. The van der Waals surface area contributed by atoms with Crippen LogP contribution in [0.4, 0.5) is 0 Å². The molecule has 0 bridgehead atoms. The average Bonchev–Trinajstić information content (AvgIpc) is 2.65. The lowest BCUT2D eigenvalue weighted by atomic mass is 10.2. The van der Waals surface area contributed by atoms with Crippen molar-refractivity contribution >= 4 is 5.97 Å². The number of hydrogen-bond donors (Lipinski definition) is 1. The minimum Gasteiger partial charge on any atom is -0.477 e. The van der Waals surface area contributed by atoms with Crippen molar-refractivity contribution in [3.05, 3.63) is 41.1 Å². The van der Waals surface area contributed by atoms with Crippen molar-refractivity contribution in [3.63, 3.8) is 0 Å². The quantitative estimate of drug-likeness (QED) is 0.907. The number of carboxylic acid groups (broad SMARTS) is 1. The highest BCUT2D eigenvalue weighted by atomic mass is 16.5. The van der Waals surface area contributed by atoms with Crippen LogP contribution in [0.25, 0.3) is 0 Å². The third-order valence-corrected chi connectivity index (χ3v) is 2.81. The number of nitrogens with zero attached hydrogens (tertiary/aromatic N) is 2. The van der Waals surface area contributed by atoms with E-state index in [-0.39, 0.29) is 11.4 Å². The predicted molar refractivity (Wildman–Crippen MR) is 72.1 cm³/mol. The lowest BCUT2D eigenvalue weighted by Gasteiger charge is -2.08. The molecule has 6 nitrogen and oxygen atoms in total. The van der Waals surface area contributed by atoms with Crippen LogP contribution in [0.15, 0.2) is 24.3 Å². The van der Waals surface area contributed by atoms with Crippen molar-refractivity contribution in [3.8, 4) is 11.6 Å². The second-order valence-corrected chi connectivity index (χ2v) is 4.38. The molecule has 0 saturated heterocycles. The van der Waals surface area contributed by atoms with Gasteiger partial charge in [0.05, 0.1) is 12.3 Å². The van der Waals surface area contributed by atoms with Gasteiger partial charge in [-0.15, -0.1) is 0 Å². The van der Waals surface area contributed by atoms with Gasteiger partial charge in [-0.2, -0.15) is 5.10 Å². The van der Waals surface area contributed by atoms with E-state index < -0.39 is 5.97 Å². The number of carboxylic acids is 1. The Bertz CT molecular complexity index is 634. The van der Waals surface area contributed by atoms with Gasteiger partial charge in [0.15, 0.2) is 0 Å². The Morgan fingerprint density at radius 1 is 1.45 bits per heavy atom. The molecule has 6 heteroatoms. The van der Waals surface area contributed by atoms with E-state index in [1.807, 2.05) is 12.1 Å². The third-order valence-electron chi connectivity index (χ3n) is 2.81. The Labute approximate surface area is 116 Å². The molecule has 20 heavy (non-hydrogen) atoms. The molecule has 0 amide bonds. The summed E-state index contributed by atoms with van der Waals surface area (Å²) in [5.74, 6) is -0.298. The molecular weight excluding hydrogens is 260 g/mol. The maximum absolute atomic E-state index is 11.3. The zero-order valence-corrected chi connectivity index (χ0v) is 11.6. The number of rotatable bonds is 5. The first-order valence-electron chi connectivity index (χ1n) is 6.05. The van der Waals surface area contributed by atoms with Crippen LogP contribution in [-0.2, 0) is 18.4 Å². The molecule has 1 aromatic heterocycles. The maximum Gasteiger partial charge on any atom is 0.343 e. The first-order chi connectivity index (χ1) is 9.52. The zero-order valence-electron chi connectivity index (χ0n) is 11.6. The monoisotopic (exact) mass is 276 g/mol. The second-order valence-electron chi connectivity index (χ2n) is 4.38. The van der Waals surface area contributed by atoms with Gasteiger partial charge in [0.25, 0.3) is 0 Å². The van der Waals surface area contributed by atoms with Crippen molar-refractivity contribution in [1.82, 2.24) is 9.78 Å². The van der Waals surface area contributed by atoms with Crippen LogP contribution < -0.4 is 4.74 Å². The third kappa shape index (κ3) is 2.80. The molecule has 0 fully saturated rings. The summed E-state index contributed by atoms with van der Waals surface area (Å²) in [7, 11) is 3.26.